The van der Waals surface area contributed by atoms with Gasteiger partial charge in [0.1, 0.15) is 4.88 Å². The van der Waals surface area contributed by atoms with Crippen LogP contribution in [0.1, 0.15) is 16.6 Å². The summed E-state index contributed by atoms with van der Waals surface area (Å²) in [5, 5.41) is 0.746. The van der Waals surface area contributed by atoms with Gasteiger partial charge >= 0.3 is 5.97 Å². The van der Waals surface area contributed by atoms with E-state index in [2.05, 4.69) is 0 Å². The number of thiophene rings is 1. The van der Waals surface area contributed by atoms with Gasteiger partial charge in [-0.15, -0.1) is 11.3 Å². The largest absolute Gasteiger partial charge is 0.462 e. The Bertz CT molecular complexity index is 548. The predicted molar refractivity (Wildman–Crippen MR) is 66.6 cm³/mol. The SMILES string of the molecule is CCOC(=O)c1sc2cccc(N)c2c1N. The quantitative estimate of drug-likeness (QED) is 0.619. The lowest BCUT2D eigenvalue weighted by atomic mass is 10.2. The Balaban J connectivity index is 2.61. The second-order valence-electron chi connectivity index (χ2n) is 3.29. The average molecular weight is 236 g/mol. The van der Waals surface area contributed by atoms with E-state index in [4.69, 9.17) is 16.2 Å². The maximum atomic E-state index is 11.6. The van der Waals surface area contributed by atoms with E-state index in [1.54, 1.807) is 13.0 Å². The molecule has 5 heteroatoms. The van der Waals surface area contributed by atoms with Crippen molar-refractivity contribution in [2.45, 2.75) is 6.92 Å². The first-order chi connectivity index (χ1) is 7.65. The zero-order valence-electron chi connectivity index (χ0n) is 8.82. The zero-order chi connectivity index (χ0) is 11.7. The molecule has 0 fully saturated rings. The van der Waals surface area contributed by atoms with E-state index >= 15 is 0 Å². The molecule has 2 aromatic rings. The monoisotopic (exact) mass is 236 g/mol. The van der Waals surface area contributed by atoms with Crippen molar-refractivity contribution in [1.82, 2.24) is 0 Å². The number of esters is 1. The van der Waals surface area contributed by atoms with Gasteiger partial charge in [-0.1, -0.05) is 6.07 Å². The molecule has 0 spiro atoms. The van der Waals surface area contributed by atoms with Crippen LogP contribution in [0.3, 0.4) is 0 Å². The summed E-state index contributed by atoms with van der Waals surface area (Å²) in [5.41, 5.74) is 12.7. The Hall–Kier alpha value is -1.75. The molecule has 4 nitrogen and oxygen atoms in total. The van der Waals surface area contributed by atoms with Crippen molar-refractivity contribution >= 4 is 38.8 Å². The Kier molecular flexibility index (Phi) is 2.70. The second kappa shape index (κ2) is 4.02. The molecule has 0 bridgehead atoms. The summed E-state index contributed by atoms with van der Waals surface area (Å²) in [7, 11) is 0. The van der Waals surface area contributed by atoms with Gasteiger partial charge in [-0.05, 0) is 19.1 Å². The first-order valence-corrected chi connectivity index (χ1v) is 5.70. The van der Waals surface area contributed by atoms with Crippen molar-refractivity contribution < 1.29 is 9.53 Å². The fourth-order valence-electron chi connectivity index (χ4n) is 1.55. The van der Waals surface area contributed by atoms with Crippen LogP contribution in [0.15, 0.2) is 18.2 Å². The first-order valence-electron chi connectivity index (χ1n) is 4.88. The molecule has 0 amide bonds. The van der Waals surface area contributed by atoms with Crippen LogP contribution in [-0.4, -0.2) is 12.6 Å². The van der Waals surface area contributed by atoms with Crippen LogP contribution in [0, 0.1) is 0 Å². The summed E-state index contributed by atoms with van der Waals surface area (Å²) in [4.78, 5) is 12.0. The van der Waals surface area contributed by atoms with Crippen LogP contribution in [0.25, 0.3) is 10.1 Å². The van der Waals surface area contributed by atoms with Gasteiger partial charge in [0.15, 0.2) is 0 Å². The molecule has 16 heavy (non-hydrogen) atoms. The van der Waals surface area contributed by atoms with Crippen molar-refractivity contribution in [3.8, 4) is 0 Å². The van der Waals surface area contributed by atoms with E-state index in [9.17, 15) is 4.79 Å². The predicted octanol–water partition coefficient (Wildman–Crippen LogP) is 2.24. The van der Waals surface area contributed by atoms with Crippen LogP contribution in [0.5, 0.6) is 0 Å². The Morgan fingerprint density at radius 2 is 2.19 bits per heavy atom. The van der Waals surface area contributed by atoms with Crippen LogP contribution in [0.2, 0.25) is 0 Å². The highest BCUT2D eigenvalue weighted by molar-refractivity contribution is 7.21. The minimum Gasteiger partial charge on any atom is -0.462 e. The maximum absolute atomic E-state index is 11.6. The Morgan fingerprint density at radius 3 is 2.81 bits per heavy atom. The normalized spacial score (nSPS) is 10.6. The fraction of sp³-hybridized carbons (Fsp3) is 0.182. The first kappa shape index (κ1) is 10.8. The summed E-state index contributed by atoms with van der Waals surface area (Å²) in [6, 6.07) is 5.48. The van der Waals surface area contributed by atoms with Crippen LogP contribution in [0.4, 0.5) is 11.4 Å². The number of rotatable bonds is 2. The van der Waals surface area contributed by atoms with Crippen molar-refractivity contribution in [1.29, 1.82) is 0 Å². The minimum atomic E-state index is -0.388. The smallest absolute Gasteiger partial charge is 0.350 e. The third-order valence-corrected chi connectivity index (χ3v) is 3.40. The molecule has 2 rings (SSSR count). The molecular formula is C11H12N2O2S. The molecular weight excluding hydrogens is 224 g/mol. The van der Waals surface area contributed by atoms with Crippen molar-refractivity contribution in [3.63, 3.8) is 0 Å². The highest BCUT2D eigenvalue weighted by Gasteiger charge is 2.18. The molecule has 1 aromatic heterocycles. The second-order valence-corrected chi connectivity index (χ2v) is 4.34. The summed E-state index contributed by atoms with van der Waals surface area (Å²) >= 11 is 1.31. The number of anilines is 2. The summed E-state index contributed by atoms with van der Waals surface area (Å²) in [6.07, 6.45) is 0. The topological polar surface area (TPSA) is 78.3 Å². The van der Waals surface area contributed by atoms with Gasteiger partial charge < -0.3 is 16.2 Å². The van der Waals surface area contributed by atoms with E-state index in [0.717, 1.165) is 10.1 Å². The number of hydrogen-bond acceptors (Lipinski definition) is 5. The standard InChI is InChI=1S/C11H12N2O2S/c1-2-15-11(14)10-9(13)8-6(12)4-3-5-7(8)16-10/h3-5H,2,12-13H2,1H3. The number of ether oxygens (including phenoxy) is 1. The van der Waals surface area contributed by atoms with Gasteiger partial charge in [0, 0.05) is 15.8 Å². The molecule has 1 aromatic carbocycles. The maximum Gasteiger partial charge on any atom is 0.350 e. The van der Waals surface area contributed by atoms with Crippen LogP contribution in [-0.2, 0) is 4.74 Å². The van der Waals surface area contributed by atoms with Gasteiger partial charge in [-0.3, -0.25) is 0 Å². The summed E-state index contributed by atoms with van der Waals surface area (Å²) in [5.74, 6) is -0.388. The molecule has 0 atom stereocenters. The number of carbonyl (C=O) groups excluding carboxylic acids is 1. The molecule has 1 heterocycles. The van der Waals surface area contributed by atoms with Gasteiger partial charge in [-0.2, -0.15) is 0 Å². The van der Waals surface area contributed by atoms with E-state index < -0.39 is 0 Å². The van der Waals surface area contributed by atoms with Crippen molar-refractivity contribution in [3.05, 3.63) is 23.1 Å². The van der Waals surface area contributed by atoms with Gasteiger partial charge in [0.25, 0.3) is 0 Å². The number of nitrogen functional groups attached to an aromatic ring is 2. The van der Waals surface area contributed by atoms with Gasteiger partial charge in [0.2, 0.25) is 0 Å². The highest BCUT2D eigenvalue weighted by Crippen LogP contribution is 2.37. The number of hydrogen-bond donors (Lipinski definition) is 2. The Morgan fingerprint density at radius 1 is 1.44 bits per heavy atom. The third-order valence-electron chi connectivity index (χ3n) is 2.25. The van der Waals surface area contributed by atoms with E-state index in [1.165, 1.54) is 11.3 Å². The molecule has 0 unspecified atom stereocenters. The third kappa shape index (κ3) is 1.59. The highest BCUT2D eigenvalue weighted by atomic mass is 32.1. The lowest BCUT2D eigenvalue weighted by molar-refractivity contribution is 0.0533. The van der Waals surface area contributed by atoms with Gasteiger partial charge in [-0.25, -0.2) is 4.79 Å². The molecule has 0 aliphatic heterocycles. The molecule has 4 N–H and O–H groups in total. The van der Waals surface area contributed by atoms with Crippen LogP contribution >= 0.6 is 11.3 Å². The minimum absolute atomic E-state index is 0.335. The lowest BCUT2D eigenvalue weighted by Crippen LogP contribution is -2.04. The lowest BCUT2D eigenvalue weighted by Gasteiger charge is -2.00. The van der Waals surface area contributed by atoms with Crippen molar-refractivity contribution in [2.24, 2.45) is 0 Å². The number of nitrogens with two attached hydrogens (primary N) is 2. The Labute approximate surface area is 96.8 Å². The molecule has 0 saturated carbocycles. The van der Waals surface area contributed by atoms with Crippen molar-refractivity contribution in [2.75, 3.05) is 18.1 Å². The van der Waals surface area contributed by atoms with E-state index in [1.807, 2.05) is 12.1 Å². The van der Waals surface area contributed by atoms with Crippen LogP contribution < -0.4 is 11.5 Å². The summed E-state index contributed by atoms with van der Waals surface area (Å²) < 4.78 is 5.83. The number of fused-ring (bicyclic) bond motifs is 1. The molecule has 0 aliphatic rings. The van der Waals surface area contributed by atoms with E-state index in [-0.39, 0.29) is 5.97 Å². The zero-order valence-corrected chi connectivity index (χ0v) is 9.64. The average Bonchev–Trinajstić information content (AvgIpc) is 2.58. The molecule has 0 saturated heterocycles. The number of benzene rings is 1. The van der Waals surface area contributed by atoms with Gasteiger partial charge in [0.05, 0.1) is 12.3 Å². The molecule has 0 aliphatic carbocycles. The molecule has 84 valence electrons. The summed E-state index contributed by atoms with van der Waals surface area (Å²) in [6.45, 7) is 2.10. The number of carbonyl (C=O) groups is 1. The molecule has 0 radical (unpaired) electrons. The van der Waals surface area contributed by atoms with E-state index in [0.29, 0.717) is 22.9 Å². The fourth-order valence-corrected chi connectivity index (χ4v) is 2.60.